The van der Waals surface area contributed by atoms with Crippen LogP contribution in [0.4, 0.5) is 17.6 Å². The highest BCUT2D eigenvalue weighted by Crippen LogP contribution is 2.32. The fraction of sp³-hybridized carbons (Fsp3) is 0.250. The Bertz CT molecular complexity index is 364. The number of halogens is 5. The van der Waals surface area contributed by atoms with Crippen LogP contribution in [0.15, 0.2) is 12.1 Å². The molecule has 0 aromatic heterocycles. The van der Waals surface area contributed by atoms with Gasteiger partial charge in [0.1, 0.15) is 5.75 Å². The van der Waals surface area contributed by atoms with Crippen LogP contribution in [0.1, 0.15) is 0 Å². The molecule has 0 radical (unpaired) electrons. The van der Waals surface area contributed by atoms with E-state index < -0.39 is 30.1 Å². The summed E-state index contributed by atoms with van der Waals surface area (Å²) in [6, 6.07) is 1.35. The largest absolute Gasteiger partial charge is 0.505 e. The molecular weight excluding hydrogens is 240 g/mol. The second-order valence-corrected chi connectivity index (χ2v) is 3.05. The van der Waals surface area contributed by atoms with E-state index >= 15 is 0 Å². The third kappa shape index (κ3) is 3.47. The summed E-state index contributed by atoms with van der Waals surface area (Å²) in [6.45, 7) is -1.56. The first-order valence-corrected chi connectivity index (χ1v) is 4.05. The Kier molecular flexibility index (Phi) is 3.28. The Morgan fingerprint density at radius 3 is 2.47 bits per heavy atom. The van der Waals surface area contributed by atoms with Crippen LogP contribution in [0, 0.1) is 5.82 Å². The van der Waals surface area contributed by atoms with E-state index in [-0.39, 0.29) is 5.02 Å². The topological polar surface area (TPSA) is 29.5 Å². The third-order valence-electron chi connectivity index (χ3n) is 1.39. The van der Waals surface area contributed by atoms with Crippen LogP contribution in [0.25, 0.3) is 0 Å². The van der Waals surface area contributed by atoms with Crippen LogP contribution in [-0.4, -0.2) is 17.9 Å². The number of ether oxygens (including phenoxy) is 1. The summed E-state index contributed by atoms with van der Waals surface area (Å²) >= 11 is 5.39. The van der Waals surface area contributed by atoms with Gasteiger partial charge in [-0.1, -0.05) is 11.6 Å². The zero-order chi connectivity index (χ0) is 11.6. The Labute approximate surface area is 87.0 Å². The van der Waals surface area contributed by atoms with Gasteiger partial charge >= 0.3 is 6.18 Å². The van der Waals surface area contributed by atoms with Crippen LogP contribution in [0.2, 0.25) is 5.02 Å². The van der Waals surface area contributed by atoms with Crippen molar-refractivity contribution in [3.8, 4) is 11.5 Å². The van der Waals surface area contributed by atoms with Gasteiger partial charge in [0.05, 0.1) is 5.02 Å². The third-order valence-corrected chi connectivity index (χ3v) is 1.69. The first-order valence-electron chi connectivity index (χ1n) is 3.67. The molecule has 0 atom stereocenters. The van der Waals surface area contributed by atoms with Crippen molar-refractivity contribution < 1.29 is 27.4 Å². The van der Waals surface area contributed by atoms with Crippen molar-refractivity contribution in [3.05, 3.63) is 23.0 Å². The van der Waals surface area contributed by atoms with Gasteiger partial charge in [-0.25, -0.2) is 4.39 Å². The average Bonchev–Trinajstić information content (AvgIpc) is 2.07. The van der Waals surface area contributed by atoms with E-state index in [2.05, 4.69) is 4.74 Å². The van der Waals surface area contributed by atoms with Gasteiger partial charge in [-0.3, -0.25) is 0 Å². The van der Waals surface area contributed by atoms with Crippen molar-refractivity contribution in [1.82, 2.24) is 0 Å². The summed E-state index contributed by atoms with van der Waals surface area (Å²) in [7, 11) is 0. The summed E-state index contributed by atoms with van der Waals surface area (Å²) < 4.78 is 52.1. The number of aromatic hydroxyl groups is 1. The number of phenolic OH excluding ortho intramolecular Hbond substituents is 1. The molecule has 0 amide bonds. The molecule has 15 heavy (non-hydrogen) atoms. The summed E-state index contributed by atoms with van der Waals surface area (Å²) in [5, 5.41) is 8.52. The lowest BCUT2D eigenvalue weighted by atomic mass is 10.3. The Morgan fingerprint density at radius 1 is 1.33 bits per heavy atom. The number of hydrogen-bond acceptors (Lipinski definition) is 2. The van der Waals surface area contributed by atoms with Crippen molar-refractivity contribution in [2.45, 2.75) is 6.18 Å². The molecule has 0 bridgehead atoms. The highest BCUT2D eigenvalue weighted by atomic mass is 35.5. The van der Waals surface area contributed by atoms with Gasteiger partial charge in [-0.2, -0.15) is 13.2 Å². The number of benzene rings is 1. The van der Waals surface area contributed by atoms with Crippen molar-refractivity contribution in [2.24, 2.45) is 0 Å². The monoisotopic (exact) mass is 244 g/mol. The Balaban J connectivity index is 2.82. The van der Waals surface area contributed by atoms with Gasteiger partial charge in [-0.05, 0) is 0 Å². The zero-order valence-electron chi connectivity index (χ0n) is 7.11. The first kappa shape index (κ1) is 11.9. The van der Waals surface area contributed by atoms with Gasteiger partial charge < -0.3 is 9.84 Å². The first-order chi connectivity index (χ1) is 6.79. The van der Waals surface area contributed by atoms with Crippen LogP contribution in [-0.2, 0) is 0 Å². The maximum atomic E-state index is 12.6. The highest BCUT2D eigenvalue weighted by molar-refractivity contribution is 6.32. The highest BCUT2D eigenvalue weighted by Gasteiger charge is 2.29. The predicted molar refractivity (Wildman–Crippen MR) is 44.6 cm³/mol. The van der Waals surface area contributed by atoms with E-state index in [4.69, 9.17) is 16.7 Å². The smallest absolute Gasteiger partial charge is 0.422 e. The summed E-state index contributed by atoms with van der Waals surface area (Å²) in [6.07, 6.45) is -4.52. The molecule has 0 saturated heterocycles. The fourth-order valence-electron chi connectivity index (χ4n) is 0.789. The molecular formula is C8H5ClF4O2. The molecule has 84 valence electrons. The van der Waals surface area contributed by atoms with E-state index in [9.17, 15) is 17.6 Å². The Morgan fingerprint density at radius 2 is 1.93 bits per heavy atom. The minimum Gasteiger partial charge on any atom is -0.505 e. The molecule has 0 fully saturated rings. The average molecular weight is 245 g/mol. The standard InChI is InChI=1S/C8H5ClF4O2/c9-4-1-5(10)6(14)2-7(4)15-3-8(11,12)13/h1-2,14H,3H2. The van der Waals surface area contributed by atoms with E-state index in [0.29, 0.717) is 12.1 Å². The molecule has 1 aromatic rings. The van der Waals surface area contributed by atoms with Gasteiger partial charge in [0, 0.05) is 12.1 Å². The zero-order valence-corrected chi connectivity index (χ0v) is 7.86. The van der Waals surface area contributed by atoms with E-state index in [1.54, 1.807) is 0 Å². The molecule has 0 heterocycles. The van der Waals surface area contributed by atoms with Gasteiger partial charge in [0.25, 0.3) is 0 Å². The number of hydrogen-bond donors (Lipinski definition) is 1. The summed E-state index contributed by atoms with van der Waals surface area (Å²) in [5.74, 6) is -2.27. The second kappa shape index (κ2) is 4.14. The molecule has 0 aliphatic carbocycles. The molecule has 2 nitrogen and oxygen atoms in total. The van der Waals surface area contributed by atoms with Crippen molar-refractivity contribution in [2.75, 3.05) is 6.61 Å². The maximum Gasteiger partial charge on any atom is 0.422 e. The van der Waals surface area contributed by atoms with Gasteiger partial charge in [0.2, 0.25) is 0 Å². The normalized spacial score (nSPS) is 11.5. The van der Waals surface area contributed by atoms with Crippen LogP contribution < -0.4 is 4.74 Å². The van der Waals surface area contributed by atoms with E-state index in [1.807, 2.05) is 0 Å². The van der Waals surface area contributed by atoms with E-state index in [0.717, 1.165) is 0 Å². The summed E-state index contributed by atoms with van der Waals surface area (Å²) in [5.41, 5.74) is 0. The molecule has 0 aliphatic heterocycles. The molecule has 1 aromatic carbocycles. The van der Waals surface area contributed by atoms with Crippen molar-refractivity contribution in [1.29, 1.82) is 0 Å². The maximum absolute atomic E-state index is 12.6. The van der Waals surface area contributed by atoms with E-state index in [1.165, 1.54) is 0 Å². The lowest BCUT2D eigenvalue weighted by molar-refractivity contribution is -0.153. The van der Waals surface area contributed by atoms with Crippen molar-refractivity contribution >= 4 is 11.6 Å². The predicted octanol–water partition coefficient (Wildman–Crippen LogP) is 3.13. The number of rotatable bonds is 2. The lowest BCUT2D eigenvalue weighted by Gasteiger charge is -2.10. The molecule has 0 saturated carbocycles. The Hall–Kier alpha value is -1.17. The lowest BCUT2D eigenvalue weighted by Crippen LogP contribution is -2.19. The molecule has 1 N–H and O–H groups in total. The van der Waals surface area contributed by atoms with Crippen LogP contribution in [0.3, 0.4) is 0 Å². The minimum atomic E-state index is -4.52. The van der Waals surface area contributed by atoms with Gasteiger partial charge in [-0.15, -0.1) is 0 Å². The quantitative estimate of drug-likeness (QED) is 0.810. The number of phenols is 1. The molecule has 0 aliphatic rings. The number of alkyl halides is 3. The van der Waals surface area contributed by atoms with Crippen LogP contribution >= 0.6 is 11.6 Å². The summed E-state index contributed by atoms with van der Waals surface area (Å²) in [4.78, 5) is 0. The molecule has 1 rings (SSSR count). The SMILES string of the molecule is Oc1cc(OCC(F)(F)F)c(Cl)cc1F. The van der Waals surface area contributed by atoms with Gasteiger partial charge in [0.15, 0.2) is 18.2 Å². The van der Waals surface area contributed by atoms with Crippen LogP contribution in [0.5, 0.6) is 11.5 Å². The molecule has 0 spiro atoms. The fourth-order valence-corrected chi connectivity index (χ4v) is 0.993. The van der Waals surface area contributed by atoms with Crippen molar-refractivity contribution in [3.63, 3.8) is 0 Å². The minimum absolute atomic E-state index is 0.338. The second-order valence-electron chi connectivity index (χ2n) is 2.64. The molecule has 7 heteroatoms. The molecule has 0 unspecified atom stereocenters.